The summed E-state index contributed by atoms with van der Waals surface area (Å²) in [7, 11) is -1.60. The molecule has 0 saturated carbocycles. The Balaban J connectivity index is 1.66. The summed E-state index contributed by atoms with van der Waals surface area (Å²) in [5.41, 5.74) is 1.73. The number of rotatable bonds is 7. The highest BCUT2D eigenvalue weighted by Crippen LogP contribution is 2.27. The number of nitrogens with zero attached hydrogens (tertiary/aromatic N) is 2. The molecule has 7 nitrogen and oxygen atoms in total. The second-order valence-corrected chi connectivity index (χ2v) is 8.17. The Morgan fingerprint density at radius 1 is 1.15 bits per heavy atom. The molecule has 2 aromatic carbocycles. The number of hydrogen-bond acceptors (Lipinski definition) is 7. The normalized spacial score (nSPS) is 12.7. The fourth-order valence-corrected chi connectivity index (χ4v) is 3.26. The van der Waals surface area contributed by atoms with Crippen molar-refractivity contribution in [2.24, 2.45) is 0 Å². The summed E-state index contributed by atoms with van der Waals surface area (Å²) in [6.07, 6.45) is 1.19. The lowest BCUT2D eigenvalue weighted by Gasteiger charge is -2.13. The van der Waals surface area contributed by atoms with Crippen LogP contribution in [0.3, 0.4) is 0 Å². The predicted octanol–water partition coefficient (Wildman–Crippen LogP) is 3.00. The highest BCUT2D eigenvalue weighted by molar-refractivity contribution is 7.90. The van der Waals surface area contributed by atoms with E-state index in [1.807, 2.05) is 31.2 Å². The SMILES string of the molecule is COc1ccccc1-c1noc(CN[C@@H](C)c2ccc(S(C)(=O)=O)cc2)n1. The van der Waals surface area contributed by atoms with E-state index in [-0.39, 0.29) is 6.04 Å². The highest BCUT2D eigenvalue weighted by atomic mass is 32.2. The topological polar surface area (TPSA) is 94.3 Å². The standard InChI is InChI=1S/C19H21N3O4S/c1-13(14-8-10-15(11-9-14)27(3,23)24)20-12-18-21-19(22-26-18)16-6-4-5-7-17(16)25-2/h4-11,13,20H,12H2,1-3H3/t13-/m0/s1. The fraction of sp³-hybridized carbons (Fsp3) is 0.263. The smallest absolute Gasteiger partial charge is 0.240 e. The highest BCUT2D eigenvalue weighted by Gasteiger charge is 2.14. The Labute approximate surface area is 158 Å². The first-order valence-corrected chi connectivity index (χ1v) is 10.3. The largest absolute Gasteiger partial charge is 0.496 e. The van der Waals surface area contributed by atoms with Crippen molar-refractivity contribution in [3.05, 3.63) is 60.0 Å². The molecule has 1 N–H and O–H groups in total. The van der Waals surface area contributed by atoms with Crippen LogP contribution in [0.4, 0.5) is 0 Å². The van der Waals surface area contributed by atoms with Crippen molar-refractivity contribution in [3.8, 4) is 17.1 Å². The summed E-state index contributed by atoms with van der Waals surface area (Å²) in [5.74, 6) is 1.60. The second kappa shape index (κ2) is 7.89. The van der Waals surface area contributed by atoms with Crippen LogP contribution >= 0.6 is 0 Å². The zero-order valence-electron chi connectivity index (χ0n) is 15.3. The van der Waals surface area contributed by atoms with Gasteiger partial charge in [0.25, 0.3) is 0 Å². The maximum absolute atomic E-state index is 11.5. The molecule has 27 heavy (non-hydrogen) atoms. The average Bonchev–Trinajstić information content (AvgIpc) is 3.14. The molecule has 0 amide bonds. The van der Waals surface area contributed by atoms with Gasteiger partial charge in [-0.15, -0.1) is 0 Å². The van der Waals surface area contributed by atoms with E-state index in [2.05, 4.69) is 15.5 Å². The van der Waals surface area contributed by atoms with E-state index in [1.54, 1.807) is 31.4 Å². The molecule has 0 aliphatic carbocycles. The number of ether oxygens (including phenoxy) is 1. The molecule has 0 bridgehead atoms. The lowest BCUT2D eigenvalue weighted by molar-refractivity contribution is 0.360. The number of nitrogens with one attached hydrogen (secondary N) is 1. The van der Waals surface area contributed by atoms with E-state index in [9.17, 15) is 8.42 Å². The first kappa shape index (κ1) is 19.1. The molecule has 3 aromatic rings. The van der Waals surface area contributed by atoms with Gasteiger partial charge in [0.05, 0.1) is 24.1 Å². The minimum Gasteiger partial charge on any atom is -0.496 e. The lowest BCUT2D eigenvalue weighted by atomic mass is 10.1. The van der Waals surface area contributed by atoms with Crippen molar-refractivity contribution >= 4 is 9.84 Å². The minimum atomic E-state index is -3.19. The number of methoxy groups -OCH3 is 1. The van der Waals surface area contributed by atoms with Crippen molar-refractivity contribution in [1.82, 2.24) is 15.5 Å². The van der Waals surface area contributed by atoms with Gasteiger partial charge < -0.3 is 14.6 Å². The van der Waals surface area contributed by atoms with Crippen LogP contribution in [0.1, 0.15) is 24.4 Å². The Bertz CT molecular complexity index is 1010. The summed E-state index contributed by atoms with van der Waals surface area (Å²) >= 11 is 0. The van der Waals surface area contributed by atoms with Crippen LogP contribution in [0.5, 0.6) is 5.75 Å². The molecular formula is C19H21N3O4S. The van der Waals surface area contributed by atoms with Crippen LogP contribution in [-0.4, -0.2) is 31.9 Å². The molecule has 0 aliphatic heterocycles. The van der Waals surface area contributed by atoms with Gasteiger partial charge in [-0.3, -0.25) is 0 Å². The molecule has 3 rings (SSSR count). The third-order valence-corrected chi connectivity index (χ3v) is 5.31. The fourth-order valence-electron chi connectivity index (χ4n) is 2.63. The molecule has 0 radical (unpaired) electrons. The Morgan fingerprint density at radius 3 is 2.52 bits per heavy atom. The van der Waals surface area contributed by atoms with Gasteiger partial charge in [-0.1, -0.05) is 29.4 Å². The summed E-state index contributed by atoms with van der Waals surface area (Å²) in [4.78, 5) is 4.70. The van der Waals surface area contributed by atoms with Crippen LogP contribution in [0, 0.1) is 0 Å². The number of benzene rings is 2. The van der Waals surface area contributed by atoms with Gasteiger partial charge in [-0.25, -0.2) is 8.42 Å². The average molecular weight is 387 g/mol. The van der Waals surface area contributed by atoms with Crippen molar-refractivity contribution < 1.29 is 17.7 Å². The van der Waals surface area contributed by atoms with Crippen LogP contribution in [-0.2, 0) is 16.4 Å². The molecule has 0 aliphatic rings. The van der Waals surface area contributed by atoms with Gasteiger partial charge in [0.1, 0.15) is 5.75 Å². The minimum absolute atomic E-state index is 0.0137. The molecule has 0 saturated heterocycles. The third-order valence-electron chi connectivity index (χ3n) is 4.18. The van der Waals surface area contributed by atoms with Crippen LogP contribution in [0.15, 0.2) is 57.9 Å². The zero-order valence-corrected chi connectivity index (χ0v) is 16.2. The summed E-state index contributed by atoms with van der Waals surface area (Å²) in [6, 6.07) is 14.3. The molecule has 8 heteroatoms. The van der Waals surface area contributed by atoms with Gasteiger partial charge in [0.2, 0.25) is 11.7 Å². The molecule has 0 unspecified atom stereocenters. The van der Waals surface area contributed by atoms with Gasteiger partial charge in [-0.2, -0.15) is 4.98 Å². The number of para-hydroxylation sites is 1. The van der Waals surface area contributed by atoms with E-state index < -0.39 is 9.84 Å². The van der Waals surface area contributed by atoms with Gasteiger partial charge in [-0.05, 0) is 36.8 Å². The molecule has 0 fully saturated rings. The number of aromatic nitrogens is 2. The molecule has 0 spiro atoms. The van der Waals surface area contributed by atoms with E-state index >= 15 is 0 Å². The van der Waals surface area contributed by atoms with Crippen LogP contribution in [0.25, 0.3) is 11.4 Å². The molecule has 1 atom stereocenters. The Kier molecular flexibility index (Phi) is 5.57. The van der Waals surface area contributed by atoms with Gasteiger partial charge >= 0.3 is 0 Å². The van der Waals surface area contributed by atoms with E-state index in [0.717, 1.165) is 11.1 Å². The van der Waals surface area contributed by atoms with Gasteiger partial charge in [0, 0.05) is 12.3 Å². The Hall–Kier alpha value is -2.71. The maximum Gasteiger partial charge on any atom is 0.240 e. The molecular weight excluding hydrogens is 366 g/mol. The van der Waals surface area contributed by atoms with Crippen molar-refractivity contribution in [3.63, 3.8) is 0 Å². The summed E-state index contributed by atoms with van der Waals surface area (Å²) < 4.78 is 33.7. The van der Waals surface area contributed by atoms with Crippen LogP contribution in [0.2, 0.25) is 0 Å². The molecule has 142 valence electrons. The van der Waals surface area contributed by atoms with Crippen molar-refractivity contribution in [2.75, 3.05) is 13.4 Å². The first-order chi connectivity index (χ1) is 12.9. The van der Waals surface area contributed by atoms with Gasteiger partial charge in [0.15, 0.2) is 9.84 Å². The summed E-state index contributed by atoms with van der Waals surface area (Å²) in [6.45, 7) is 2.37. The number of sulfone groups is 1. The first-order valence-electron chi connectivity index (χ1n) is 8.38. The van der Waals surface area contributed by atoms with E-state index in [0.29, 0.717) is 28.9 Å². The van der Waals surface area contributed by atoms with Crippen molar-refractivity contribution in [2.45, 2.75) is 24.4 Å². The Morgan fingerprint density at radius 2 is 1.85 bits per heavy atom. The monoisotopic (exact) mass is 387 g/mol. The molecule has 1 heterocycles. The quantitative estimate of drug-likeness (QED) is 0.666. The predicted molar refractivity (Wildman–Crippen MR) is 101 cm³/mol. The van der Waals surface area contributed by atoms with E-state index in [4.69, 9.17) is 9.26 Å². The van der Waals surface area contributed by atoms with Crippen LogP contribution < -0.4 is 10.1 Å². The number of hydrogen-bond donors (Lipinski definition) is 1. The van der Waals surface area contributed by atoms with E-state index in [1.165, 1.54) is 6.26 Å². The second-order valence-electron chi connectivity index (χ2n) is 6.16. The van der Waals surface area contributed by atoms with Crippen molar-refractivity contribution in [1.29, 1.82) is 0 Å². The third kappa shape index (κ3) is 4.53. The zero-order chi connectivity index (χ0) is 19.4. The maximum atomic E-state index is 11.5. The lowest BCUT2D eigenvalue weighted by Crippen LogP contribution is -2.18. The summed E-state index contributed by atoms with van der Waals surface area (Å²) in [5, 5.41) is 7.30. The molecule has 1 aromatic heterocycles.